The van der Waals surface area contributed by atoms with Gasteiger partial charge in [-0.25, -0.2) is 0 Å². The van der Waals surface area contributed by atoms with Gasteiger partial charge in [0.1, 0.15) is 0 Å². The first-order valence-corrected chi connectivity index (χ1v) is 10.5. The van der Waals surface area contributed by atoms with Crippen molar-refractivity contribution >= 4 is 0 Å². The summed E-state index contributed by atoms with van der Waals surface area (Å²) in [4.78, 5) is 4.81. The number of piperidine rings is 2. The zero-order chi connectivity index (χ0) is 18.8. The molecule has 1 unspecified atom stereocenters. The smallest absolute Gasteiger partial charge is 0.0460 e. The normalized spacial score (nSPS) is 26.5. The molecule has 0 aromatic carbocycles. The molecule has 4 heteroatoms. The molecule has 3 aliphatic rings. The van der Waals surface area contributed by atoms with E-state index < -0.39 is 0 Å². The van der Waals surface area contributed by atoms with Gasteiger partial charge in [0.2, 0.25) is 0 Å². The standard InChI is InChI=1S/C8H17N3.C6H13N.3C2H6/c1-11-4-2-3-8(6-11)5-9-7-10-8;1-7-5-3-2-4-6-7;3*1-2/h9-10H,2-7H2,1H3;2-6H2,1H3;3*1-2H3. The summed E-state index contributed by atoms with van der Waals surface area (Å²) in [5.41, 5.74) is 0.410. The molecule has 3 fully saturated rings. The first-order chi connectivity index (χ1) is 11.7. The topological polar surface area (TPSA) is 30.5 Å². The monoisotopic (exact) mass is 344 g/mol. The van der Waals surface area contributed by atoms with Crippen molar-refractivity contribution in [3.63, 3.8) is 0 Å². The van der Waals surface area contributed by atoms with Crippen molar-refractivity contribution in [3.8, 4) is 0 Å². The molecule has 3 heterocycles. The molecule has 0 aliphatic carbocycles. The average Bonchev–Trinajstić information content (AvgIpc) is 3.09. The minimum Gasteiger partial charge on any atom is -0.306 e. The zero-order valence-electron chi connectivity index (χ0n) is 18.2. The summed E-state index contributed by atoms with van der Waals surface area (Å²) in [5.74, 6) is 0. The van der Waals surface area contributed by atoms with E-state index >= 15 is 0 Å². The van der Waals surface area contributed by atoms with Gasteiger partial charge in [-0.05, 0) is 59.4 Å². The molecule has 148 valence electrons. The second kappa shape index (κ2) is 17.7. The summed E-state index contributed by atoms with van der Waals surface area (Å²) in [6.07, 6.45) is 6.95. The van der Waals surface area contributed by atoms with E-state index in [1.54, 1.807) is 0 Å². The van der Waals surface area contributed by atoms with Gasteiger partial charge in [-0.15, -0.1) is 0 Å². The Bertz CT molecular complexity index is 234. The molecule has 24 heavy (non-hydrogen) atoms. The number of likely N-dealkylation sites (tertiary alicyclic amines) is 2. The van der Waals surface area contributed by atoms with Crippen LogP contribution in [-0.2, 0) is 0 Å². The van der Waals surface area contributed by atoms with E-state index in [4.69, 9.17) is 0 Å². The second-order valence-electron chi connectivity index (χ2n) is 6.27. The third-order valence-corrected chi connectivity index (χ3v) is 4.40. The minimum absolute atomic E-state index is 0.410. The number of nitrogens with zero attached hydrogens (tertiary/aromatic N) is 2. The lowest BCUT2D eigenvalue weighted by Gasteiger charge is -2.38. The highest BCUT2D eigenvalue weighted by Crippen LogP contribution is 2.21. The van der Waals surface area contributed by atoms with E-state index in [1.165, 1.54) is 58.3 Å². The van der Waals surface area contributed by atoms with Gasteiger partial charge in [0, 0.05) is 25.3 Å². The van der Waals surface area contributed by atoms with E-state index in [0.717, 1.165) is 13.2 Å². The van der Waals surface area contributed by atoms with Crippen LogP contribution >= 0.6 is 0 Å². The molecule has 3 aliphatic heterocycles. The Morgan fingerprint density at radius 2 is 1.25 bits per heavy atom. The van der Waals surface area contributed by atoms with Gasteiger partial charge in [-0.1, -0.05) is 48.0 Å². The van der Waals surface area contributed by atoms with Crippen LogP contribution < -0.4 is 10.6 Å². The van der Waals surface area contributed by atoms with Gasteiger partial charge in [-0.3, -0.25) is 5.32 Å². The molecule has 2 N–H and O–H groups in total. The van der Waals surface area contributed by atoms with Crippen molar-refractivity contribution in [1.29, 1.82) is 0 Å². The predicted molar refractivity (Wildman–Crippen MR) is 111 cm³/mol. The van der Waals surface area contributed by atoms with Crippen LogP contribution in [-0.4, -0.2) is 68.8 Å². The van der Waals surface area contributed by atoms with E-state index in [2.05, 4.69) is 34.5 Å². The van der Waals surface area contributed by atoms with Crippen molar-refractivity contribution in [2.24, 2.45) is 0 Å². The number of nitrogens with one attached hydrogen (secondary N) is 2. The van der Waals surface area contributed by atoms with Crippen LogP contribution in [0.15, 0.2) is 0 Å². The van der Waals surface area contributed by atoms with Crippen LogP contribution in [0.3, 0.4) is 0 Å². The second-order valence-corrected chi connectivity index (χ2v) is 6.27. The van der Waals surface area contributed by atoms with Crippen LogP contribution in [0.4, 0.5) is 0 Å². The fraction of sp³-hybridized carbons (Fsp3) is 1.00. The molecule has 3 saturated heterocycles. The van der Waals surface area contributed by atoms with Crippen LogP contribution in [0, 0.1) is 0 Å². The molecule has 3 rings (SSSR count). The summed E-state index contributed by atoms with van der Waals surface area (Å²) >= 11 is 0. The van der Waals surface area contributed by atoms with Gasteiger partial charge in [-0.2, -0.15) is 0 Å². The Balaban J connectivity index is 0. The Kier molecular flexibility index (Phi) is 19.2. The third kappa shape index (κ3) is 11.4. The Morgan fingerprint density at radius 1 is 0.708 bits per heavy atom. The number of rotatable bonds is 0. The Hall–Kier alpha value is -0.160. The molecule has 0 aromatic rings. The van der Waals surface area contributed by atoms with Crippen molar-refractivity contribution in [3.05, 3.63) is 0 Å². The highest BCUT2D eigenvalue weighted by atomic mass is 15.3. The fourth-order valence-corrected chi connectivity index (χ4v) is 3.32. The zero-order valence-corrected chi connectivity index (χ0v) is 18.2. The van der Waals surface area contributed by atoms with Gasteiger partial charge < -0.3 is 15.1 Å². The largest absolute Gasteiger partial charge is 0.306 e. The molecular weight excluding hydrogens is 296 g/mol. The first kappa shape index (κ1) is 26.1. The van der Waals surface area contributed by atoms with Gasteiger partial charge in [0.05, 0.1) is 0 Å². The predicted octanol–water partition coefficient (Wildman–Crippen LogP) is 3.78. The van der Waals surface area contributed by atoms with Crippen molar-refractivity contribution in [1.82, 2.24) is 20.4 Å². The van der Waals surface area contributed by atoms with Gasteiger partial charge in [0.25, 0.3) is 0 Å². The number of likely N-dealkylation sites (N-methyl/N-ethyl adjacent to an activating group) is 1. The van der Waals surface area contributed by atoms with Crippen LogP contribution in [0.1, 0.15) is 73.6 Å². The van der Waals surface area contributed by atoms with E-state index in [-0.39, 0.29) is 0 Å². The molecule has 0 bridgehead atoms. The maximum Gasteiger partial charge on any atom is 0.0460 e. The lowest BCUT2D eigenvalue weighted by Crippen LogP contribution is -2.54. The maximum atomic E-state index is 3.55. The van der Waals surface area contributed by atoms with Crippen molar-refractivity contribution in [2.45, 2.75) is 79.2 Å². The number of hydrogen-bond donors (Lipinski definition) is 2. The summed E-state index contributed by atoms with van der Waals surface area (Å²) in [5, 5.41) is 6.92. The molecule has 1 atom stereocenters. The van der Waals surface area contributed by atoms with E-state index in [1.807, 2.05) is 41.5 Å². The summed E-state index contributed by atoms with van der Waals surface area (Å²) in [6, 6.07) is 0. The van der Waals surface area contributed by atoms with Gasteiger partial charge >= 0.3 is 0 Å². The first-order valence-electron chi connectivity index (χ1n) is 10.5. The highest BCUT2D eigenvalue weighted by molar-refractivity contribution is 4.98. The fourth-order valence-electron chi connectivity index (χ4n) is 3.32. The van der Waals surface area contributed by atoms with Gasteiger partial charge in [0.15, 0.2) is 0 Å². The quantitative estimate of drug-likeness (QED) is 0.700. The lowest BCUT2D eigenvalue weighted by molar-refractivity contribution is 0.171. The SMILES string of the molecule is CC.CC.CC.CN1CCCC2(CNCN2)C1.CN1CCCCC1. The molecular formula is C20H48N4. The van der Waals surface area contributed by atoms with E-state index in [9.17, 15) is 0 Å². The minimum atomic E-state index is 0.410. The maximum absolute atomic E-state index is 3.55. The van der Waals surface area contributed by atoms with Crippen molar-refractivity contribution in [2.75, 3.05) is 53.5 Å². The molecule has 0 amide bonds. The summed E-state index contributed by atoms with van der Waals surface area (Å²) in [7, 11) is 4.40. The summed E-state index contributed by atoms with van der Waals surface area (Å²) in [6.45, 7) is 19.3. The highest BCUT2D eigenvalue weighted by Gasteiger charge is 2.36. The molecule has 4 nitrogen and oxygen atoms in total. The average molecular weight is 345 g/mol. The van der Waals surface area contributed by atoms with Crippen LogP contribution in [0.25, 0.3) is 0 Å². The lowest BCUT2D eigenvalue weighted by atomic mass is 9.90. The third-order valence-electron chi connectivity index (χ3n) is 4.40. The van der Waals surface area contributed by atoms with Crippen LogP contribution in [0.5, 0.6) is 0 Å². The molecule has 0 radical (unpaired) electrons. The molecule has 0 saturated carbocycles. The van der Waals surface area contributed by atoms with Crippen molar-refractivity contribution < 1.29 is 0 Å². The molecule has 1 spiro atoms. The Labute approximate surface area is 153 Å². The molecule has 0 aromatic heterocycles. The Morgan fingerprint density at radius 3 is 1.62 bits per heavy atom. The van der Waals surface area contributed by atoms with E-state index in [0.29, 0.717) is 5.54 Å². The summed E-state index contributed by atoms with van der Waals surface area (Å²) < 4.78 is 0. The van der Waals surface area contributed by atoms with Crippen LogP contribution in [0.2, 0.25) is 0 Å². The number of hydrogen-bond acceptors (Lipinski definition) is 4.